The number of hydrogen-bond donors (Lipinski definition) is 2. The van der Waals surface area contributed by atoms with Gasteiger partial charge < -0.3 is 16.2 Å². The first-order valence-electron chi connectivity index (χ1n) is 3.77. The number of ether oxygens (including phenoxy) is 1. The lowest BCUT2D eigenvalue weighted by Gasteiger charge is -2.31. The van der Waals surface area contributed by atoms with Crippen molar-refractivity contribution in [2.45, 2.75) is 24.8 Å². The van der Waals surface area contributed by atoms with Gasteiger partial charge in [-0.2, -0.15) is 0 Å². The van der Waals surface area contributed by atoms with Gasteiger partial charge in [0.1, 0.15) is 0 Å². The van der Waals surface area contributed by atoms with Crippen LogP contribution in [-0.2, 0) is 9.53 Å². The smallest absolute Gasteiger partial charge is 0.219 e. The summed E-state index contributed by atoms with van der Waals surface area (Å²) in [4.78, 5) is 10.6. The van der Waals surface area contributed by atoms with E-state index in [1.807, 2.05) is 0 Å². The Morgan fingerprint density at radius 3 is 2.45 bits per heavy atom. The molecule has 0 unspecified atom stereocenters. The molecule has 64 valence electrons. The van der Waals surface area contributed by atoms with Crippen molar-refractivity contribution in [3.8, 4) is 0 Å². The third-order valence-corrected chi connectivity index (χ3v) is 2.01. The Morgan fingerprint density at radius 2 is 2.00 bits per heavy atom. The number of hydrogen-bond acceptors (Lipinski definition) is 3. The molecule has 0 aromatic carbocycles. The monoisotopic (exact) mass is 158 g/mol. The zero-order valence-corrected chi connectivity index (χ0v) is 6.51. The Morgan fingerprint density at radius 1 is 1.45 bits per heavy atom. The molecule has 1 heterocycles. The van der Waals surface area contributed by atoms with Gasteiger partial charge in [-0.05, 0) is 12.8 Å². The van der Waals surface area contributed by atoms with Crippen LogP contribution in [0.25, 0.3) is 0 Å². The van der Waals surface area contributed by atoms with Crippen molar-refractivity contribution < 1.29 is 9.53 Å². The molecule has 4 heteroatoms. The third-order valence-electron chi connectivity index (χ3n) is 2.01. The summed E-state index contributed by atoms with van der Waals surface area (Å²) >= 11 is 0. The lowest BCUT2D eigenvalue weighted by Crippen LogP contribution is -2.47. The van der Waals surface area contributed by atoms with E-state index in [1.165, 1.54) is 0 Å². The maximum Gasteiger partial charge on any atom is 0.219 e. The summed E-state index contributed by atoms with van der Waals surface area (Å²) in [6.07, 6.45) is 1.74. The first-order valence-corrected chi connectivity index (χ1v) is 3.77. The van der Waals surface area contributed by atoms with Crippen molar-refractivity contribution in [2.24, 2.45) is 11.5 Å². The average molecular weight is 158 g/mol. The van der Waals surface area contributed by atoms with Crippen LogP contribution in [-0.4, -0.2) is 24.7 Å². The fraction of sp³-hybridized carbons (Fsp3) is 0.857. The van der Waals surface area contributed by atoms with Gasteiger partial charge in [0, 0.05) is 25.2 Å². The molecule has 0 spiro atoms. The van der Waals surface area contributed by atoms with Gasteiger partial charge in [-0.3, -0.25) is 4.79 Å². The van der Waals surface area contributed by atoms with Gasteiger partial charge in [0.15, 0.2) is 0 Å². The number of nitrogens with two attached hydrogens (primary N) is 2. The molecular formula is C7H14N2O2. The van der Waals surface area contributed by atoms with Crippen LogP contribution in [0.3, 0.4) is 0 Å². The summed E-state index contributed by atoms with van der Waals surface area (Å²) in [5.74, 6) is -0.325. The highest BCUT2D eigenvalue weighted by Gasteiger charge is 2.29. The number of rotatable bonds is 2. The molecule has 1 amide bonds. The molecule has 0 aliphatic carbocycles. The second-order valence-corrected chi connectivity index (χ2v) is 3.12. The van der Waals surface area contributed by atoms with Crippen LogP contribution in [0, 0.1) is 0 Å². The summed E-state index contributed by atoms with van der Waals surface area (Å²) in [6.45, 7) is 1.29. The molecule has 1 aliphatic heterocycles. The summed E-state index contributed by atoms with van der Waals surface area (Å²) < 4.78 is 5.11. The molecule has 0 radical (unpaired) electrons. The van der Waals surface area contributed by atoms with Crippen molar-refractivity contribution >= 4 is 5.91 Å². The minimum atomic E-state index is -0.399. The van der Waals surface area contributed by atoms with Gasteiger partial charge in [0.05, 0.1) is 0 Å². The largest absolute Gasteiger partial charge is 0.381 e. The minimum Gasteiger partial charge on any atom is -0.381 e. The van der Waals surface area contributed by atoms with Gasteiger partial charge in [0.2, 0.25) is 5.91 Å². The highest BCUT2D eigenvalue weighted by Crippen LogP contribution is 2.20. The van der Waals surface area contributed by atoms with Gasteiger partial charge in [-0.25, -0.2) is 0 Å². The molecule has 4 N–H and O–H groups in total. The van der Waals surface area contributed by atoms with Crippen LogP contribution >= 0.6 is 0 Å². The van der Waals surface area contributed by atoms with Crippen LogP contribution in [0.1, 0.15) is 19.3 Å². The number of carbonyl (C=O) groups is 1. The summed E-state index contributed by atoms with van der Waals surface area (Å²) in [7, 11) is 0. The first-order chi connectivity index (χ1) is 5.12. The van der Waals surface area contributed by atoms with Crippen LogP contribution < -0.4 is 11.5 Å². The van der Waals surface area contributed by atoms with Crippen molar-refractivity contribution in [2.75, 3.05) is 13.2 Å². The number of amides is 1. The molecule has 11 heavy (non-hydrogen) atoms. The predicted octanol–water partition coefficient (Wildman–Crippen LogP) is -0.630. The van der Waals surface area contributed by atoms with Crippen molar-refractivity contribution in [3.05, 3.63) is 0 Å². The molecule has 0 bridgehead atoms. The van der Waals surface area contributed by atoms with E-state index in [-0.39, 0.29) is 12.3 Å². The van der Waals surface area contributed by atoms with Gasteiger partial charge >= 0.3 is 0 Å². The van der Waals surface area contributed by atoms with E-state index in [9.17, 15) is 4.79 Å². The maximum absolute atomic E-state index is 10.6. The molecule has 1 saturated heterocycles. The second kappa shape index (κ2) is 3.19. The van der Waals surface area contributed by atoms with Gasteiger partial charge in [-0.1, -0.05) is 0 Å². The normalized spacial score (nSPS) is 23.0. The zero-order chi connectivity index (χ0) is 8.32. The van der Waals surface area contributed by atoms with E-state index in [4.69, 9.17) is 16.2 Å². The van der Waals surface area contributed by atoms with Crippen LogP contribution in [0.5, 0.6) is 0 Å². The Hall–Kier alpha value is -0.610. The second-order valence-electron chi connectivity index (χ2n) is 3.12. The zero-order valence-electron chi connectivity index (χ0n) is 6.51. The lowest BCUT2D eigenvalue weighted by atomic mass is 9.88. The lowest BCUT2D eigenvalue weighted by molar-refractivity contribution is -0.119. The van der Waals surface area contributed by atoms with Crippen molar-refractivity contribution in [1.82, 2.24) is 0 Å². The summed E-state index contributed by atoms with van der Waals surface area (Å²) in [5.41, 5.74) is 10.5. The van der Waals surface area contributed by atoms with E-state index >= 15 is 0 Å². The Labute approximate surface area is 65.9 Å². The molecule has 4 nitrogen and oxygen atoms in total. The molecular weight excluding hydrogens is 144 g/mol. The number of carbonyl (C=O) groups excluding carboxylic acids is 1. The van der Waals surface area contributed by atoms with Gasteiger partial charge in [0.25, 0.3) is 0 Å². The number of primary amides is 1. The minimum absolute atomic E-state index is 0.274. The summed E-state index contributed by atoms with van der Waals surface area (Å²) in [5, 5.41) is 0. The van der Waals surface area contributed by atoms with Crippen molar-refractivity contribution in [1.29, 1.82) is 0 Å². The first kappa shape index (κ1) is 8.49. The predicted molar refractivity (Wildman–Crippen MR) is 40.8 cm³/mol. The summed E-state index contributed by atoms with van der Waals surface area (Å²) in [6, 6.07) is 0. The van der Waals surface area contributed by atoms with E-state index < -0.39 is 5.54 Å². The Bertz CT molecular complexity index is 153. The van der Waals surface area contributed by atoms with E-state index in [1.54, 1.807) is 0 Å². The molecule has 1 fully saturated rings. The SMILES string of the molecule is NC(=O)CC1(N)CCOCC1. The van der Waals surface area contributed by atoms with Crippen LogP contribution in [0.2, 0.25) is 0 Å². The Balaban J connectivity index is 2.43. The molecule has 0 atom stereocenters. The van der Waals surface area contributed by atoms with E-state index in [2.05, 4.69) is 0 Å². The Kier molecular flexibility index (Phi) is 2.46. The average Bonchev–Trinajstić information content (AvgIpc) is 1.85. The molecule has 0 aromatic rings. The van der Waals surface area contributed by atoms with Crippen molar-refractivity contribution in [3.63, 3.8) is 0 Å². The van der Waals surface area contributed by atoms with E-state index in [0.29, 0.717) is 13.2 Å². The maximum atomic E-state index is 10.6. The topological polar surface area (TPSA) is 78.3 Å². The molecule has 1 aliphatic rings. The highest BCUT2D eigenvalue weighted by atomic mass is 16.5. The van der Waals surface area contributed by atoms with Crippen LogP contribution in [0.4, 0.5) is 0 Å². The van der Waals surface area contributed by atoms with E-state index in [0.717, 1.165) is 12.8 Å². The quantitative estimate of drug-likeness (QED) is 0.561. The third kappa shape index (κ3) is 2.48. The molecule has 0 aromatic heterocycles. The molecule has 1 rings (SSSR count). The fourth-order valence-corrected chi connectivity index (χ4v) is 1.30. The van der Waals surface area contributed by atoms with Crippen LogP contribution in [0.15, 0.2) is 0 Å². The highest BCUT2D eigenvalue weighted by molar-refractivity contribution is 5.75. The molecule has 0 saturated carbocycles. The van der Waals surface area contributed by atoms with Gasteiger partial charge in [-0.15, -0.1) is 0 Å². The standard InChI is InChI=1S/C7H14N2O2/c8-6(10)5-7(9)1-3-11-4-2-7/h1-5,9H2,(H2,8,10). The fourth-order valence-electron chi connectivity index (χ4n) is 1.30.